The first-order valence-corrected chi connectivity index (χ1v) is 7.29. The van der Waals surface area contributed by atoms with Gasteiger partial charge in [0.25, 0.3) is 0 Å². The van der Waals surface area contributed by atoms with E-state index in [2.05, 4.69) is 17.4 Å². The lowest BCUT2D eigenvalue weighted by Crippen LogP contribution is -2.16. The highest BCUT2D eigenvalue weighted by Gasteiger charge is 2.43. The number of carbonyl (C=O) groups excluding carboxylic acids is 1. The molecular formula is C18H20N2O. The minimum absolute atomic E-state index is 0.0868. The van der Waals surface area contributed by atoms with Crippen LogP contribution in [0.1, 0.15) is 29.0 Å². The van der Waals surface area contributed by atoms with Crippen LogP contribution >= 0.6 is 0 Å². The van der Waals surface area contributed by atoms with Gasteiger partial charge in [0, 0.05) is 17.3 Å². The van der Waals surface area contributed by atoms with Gasteiger partial charge in [0.15, 0.2) is 0 Å². The van der Waals surface area contributed by atoms with Crippen molar-refractivity contribution in [1.29, 1.82) is 0 Å². The van der Waals surface area contributed by atoms with Crippen LogP contribution in [0.4, 0.5) is 11.4 Å². The topological polar surface area (TPSA) is 55.1 Å². The number of anilines is 2. The summed E-state index contributed by atoms with van der Waals surface area (Å²) in [5, 5.41) is 3.07. The Hall–Kier alpha value is -2.29. The van der Waals surface area contributed by atoms with Crippen LogP contribution in [0.25, 0.3) is 0 Å². The van der Waals surface area contributed by atoms with Gasteiger partial charge in [-0.3, -0.25) is 4.79 Å². The predicted octanol–water partition coefficient (Wildman–Crippen LogP) is 3.63. The summed E-state index contributed by atoms with van der Waals surface area (Å²) in [4.78, 5) is 12.4. The molecule has 2 aromatic carbocycles. The number of carbonyl (C=O) groups is 1. The van der Waals surface area contributed by atoms with E-state index < -0.39 is 0 Å². The van der Waals surface area contributed by atoms with Crippen LogP contribution in [-0.4, -0.2) is 5.91 Å². The second kappa shape index (κ2) is 5.24. The van der Waals surface area contributed by atoms with Crippen molar-refractivity contribution >= 4 is 17.3 Å². The fraction of sp³-hybridized carbons (Fsp3) is 0.278. The monoisotopic (exact) mass is 280 g/mol. The number of hydrogen-bond acceptors (Lipinski definition) is 2. The van der Waals surface area contributed by atoms with E-state index in [-0.39, 0.29) is 11.8 Å². The Kier molecular flexibility index (Phi) is 3.42. The summed E-state index contributed by atoms with van der Waals surface area (Å²) in [6, 6.07) is 14.0. The zero-order valence-electron chi connectivity index (χ0n) is 12.4. The van der Waals surface area contributed by atoms with E-state index in [1.165, 1.54) is 5.56 Å². The molecule has 3 N–H and O–H groups in total. The number of hydrogen-bond donors (Lipinski definition) is 2. The molecule has 0 heterocycles. The Morgan fingerprint density at radius 2 is 1.76 bits per heavy atom. The van der Waals surface area contributed by atoms with E-state index in [1.54, 1.807) is 0 Å². The van der Waals surface area contributed by atoms with Crippen LogP contribution in [0.2, 0.25) is 0 Å². The van der Waals surface area contributed by atoms with E-state index in [4.69, 9.17) is 5.73 Å². The summed E-state index contributed by atoms with van der Waals surface area (Å²) in [5.74, 6) is 0.559. The Bertz CT molecular complexity index is 656. The molecule has 1 saturated carbocycles. The number of aryl methyl sites for hydroxylation is 2. The molecular weight excluding hydrogens is 260 g/mol. The summed E-state index contributed by atoms with van der Waals surface area (Å²) in [7, 11) is 0. The van der Waals surface area contributed by atoms with Crippen LogP contribution in [0.5, 0.6) is 0 Å². The first kappa shape index (κ1) is 13.7. The molecule has 2 unspecified atom stereocenters. The number of nitrogens with two attached hydrogens (primary N) is 1. The molecule has 3 heteroatoms. The third kappa shape index (κ3) is 2.77. The normalized spacial score (nSPS) is 20.1. The molecule has 2 aromatic rings. The van der Waals surface area contributed by atoms with Gasteiger partial charge in [-0.1, -0.05) is 30.3 Å². The molecule has 1 amide bonds. The van der Waals surface area contributed by atoms with Gasteiger partial charge in [-0.2, -0.15) is 0 Å². The van der Waals surface area contributed by atoms with Gasteiger partial charge in [0.1, 0.15) is 0 Å². The molecule has 108 valence electrons. The van der Waals surface area contributed by atoms with E-state index in [1.807, 2.05) is 44.2 Å². The van der Waals surface area contributed by atoms with Gasteiger partial charge in [-0.15, -0.1) is 0 Å². The molecule has 1 fully saturated rings. The van der Waals surface area contributed by atoms with E-state index >= 15 is 0 Å². The van der Waals surface area contributed by atoms with Crippen molar-refractivity contribution in [2.24, 2.45) is 5.92 Å². The van der Waals surface area contributed by atoms with Crippen molar-refractivity contribution in [2.45, 2.75) is 26.2 Å². The van der Waals surface area contributed by atoms with Gasteiger partial charge < -0.3 is 11.1 Å². The SMILES string of the molecule is Cc1cc(N)cc(C)c1NC(=O)C1CC1c1ccccc1. The molecule has 0 aromatic heterocycles. The Morgan fingerprint density at radius 1 is 1.14 bits per heavy atom. The summed E-state index contributed by atoms with van der Waals surface area (Å²) < 4.78 is 0. The summed E-state index contributed by atoms with van der Waals surface area (Å²) in [5.41, 5.74) is 10.7. The minimum Gasteiger partial charge on any atom is -0.399 e. The third-order valence-electron chi connectivity index (χ3n) is 4.16. The maximum absolute atomic E-state index is 12.4. The Balaban J connectivity index is 1.72. The van der Waals surface area contributed by atoms with Crippen molar-refractivity contribution < 1.29 is 4.79 Å². The van der Waals surface area contributed by atoms with Gasteiger partial charge in [-0.25, -0.2) is 0 Å². The third-order valence-corrected chi connectivity index (χ3v) is 4.16. The molecule has 0 spiro atoms. The highest BCUT2D eigenvalue weighted by molar-refractivity contribution is 5.96. The Labute approximate surface area is 125 Å². The van der Waals surface area contributed by atoms with Crippen molar-refractivity contribution in [1.82, 2.24) is 0 Å². The van der Waals surface area contributed by atoms with Gasteiger partial charge >= 0.3 is 0 Å². The molecule has 1 aliphatic rings. The molecule has 0 bridgehead atoms. The number of nitrogens with one attached hydrogen (secondary N) is 1. The van der Waals surface area contributed by atoms with Gasteiger partial charge in [-0.05, 0) is 55.0 Å². The zero-order chi connectivity index (χ0) is 15.0. The second-order valence-electron chi connectivity index (χ2n) is 5.88. The first-order valence-electron chi connectivity index (χ1n) is 7.29. The lowest BCUT2D eigenvalue weighted by Gasteiger charge is -2.12. The number of benzene rings is 2. The smallest absolute Gasteiger partial charge is 0.228 e. The number of amides is 1. The molecule has 2 atom stereocenters. The number of nitrogen functional groups attached to an aromatic ring is 1. The highest BCUT2D eigenvalue weighted by Crippen LogP contribution is 2.48. The lowest BCUT2D eigenvalue weighted by atomic mass is 10.1. The fourth-order valence-electron chi connectivity index (χ4n) is 2.96. The minimum atomic E-state index is 0.0868. The predicted molar refractivity (Wildman–Crippen MR) is 86.2 cm³/mol. The van der Waals surface area contributed by atoms with Crippen LogP contribution in [0.3, 0.4) is 0 Å². The molecule has 3 rings (SSSR count). The van der Waals surface area contributed by atoms with Crippen LogP contribution < -0.4 is 11.1 Å². The Morgan fingerprint density at radius 3 is 2.38 bits per heavy atom. The maximum Gasteiger partial charge on any atom is 0.228 e. The quantitative estimate of drug-likeness (QED) is 0.844. The molecule has 0 saturated heterocycles. The van der Waals surface area contributed by atoms with E-state index in [0.29, 0.717) is 5.92 Å². The largest absolute Gasteiger partial charge is 0.399 e. The molecule has 3 nitrogen and oxygen atoms in total. The van der Waals surface area contributed by atoms with Crippen molar-refractivity contribution in [2.75, 3.05) is 11.1 Å². The second-order valence-corrected chi connectivity index (χ2v) is 5.88. The standard InChI is InChI=1S/C18H20N2O/c1-11-8-14(19)9-12(2)17(11)20-18(21)16-10-15(16)13-6-4-3-5-7-13/h3-9,15-16H,10,19H2,1-2H3,(H,20,21). The maximum atomic E-state index is 12.4. The highest BCUT2D eigenvalue weighted by atomic mass is 16.2. The lowest BCUT2D eigenvalue weighted by molar-refractivity contribution is -0.117. The van der Waals surface area contributed by atoms with Crippen LogP contribution in [0.15, 0.2) is 42.5 Å². The fourth-order valence-corrected chi connectivity index (χ4v) is 2.96. The van der Waals surface area contributed by atoms with Gasteiger partial charge in [0.05, 0.1) is 0 Å². The zero-order valence-corrected chi connectivity index (χ0v) is 12.4. The van der Waals surface area contributed by atoms with E-state index in [9.17, 15) is 4.79 Å². The molecule has 0 aliphatic heterocycles. The summed E-state index contributed by atoms with van der Waals surface area (Å²) in [6.07, 6.45) is 0.933. The number of rotatable bonds is 3. The van der Waals surface area contributed by atoms with Gasteiger partial charge in [0.2, 0.25) is 5.91 Å². The molecule has 0 radical (unpaired) electrons. The average molecular weight is 280 g/mol. The average Bonchev–Trinajstić information content (AvgIpc) is 3.24. The summed E-state index contributed by atoms with van der Waals surface area (Å²) in [6.45, 7) is 3.95. The molecule has 1 aliphatic carbocycles. The van der Waals surface area contributed by atoms with E-state index in [0.717, 1.165) is 28.9 Å². The van der Waals surface area contributed by atoms with Crippen LogP contribution in [0, 0.1) is 19.8 Å². The van der Waals surface area contributed by atoms with Crippen molar-refractivity contribution in [3.05, 3.63) is 59.2 Å². The van der Waals surface area contributed by atoms with Crippen molar-refractivity contribution in [3.8, 4) is 0 Å². The van der Waals surface area contributed by atoms with Crippen molar-refractivity contribution in [3.63, 3.8) is 0 Å². The molecule has 21 heavy (non-hydrogen) atoms. The first-order chi connectivity index (χ1) is 10.1. The van der Waals surface area contributed by atoms with Crippen LogP contribution in [-0.2, 0) is 4.79 Å². The summed E-state index contributed by atoms with van der Waals surface area (Å²) >= 11 is 0.